The van der Waals surface area contributed by atoms with Crippen molar-refractivity contribution in [2.24, 2.45) is 0 Å². The van der Waals surface area contributed by atoms with Crippen LogP contribution in [0.2, 0.25) is 0 Å². The van der Waals surface area contributed by atoms with E-state index in [1.807, 2.05) is 18.2 Å². The number of aromatic nitrogens is 2. The summed E-state index contributed by atoms with van der Waals surface area (Å²) in [5, 5.41) is 42.3. The van der Waals surface area contributed by atoms with E-state index in [1.54, 1.807) is 24.3 Å². The summed E-state index contributed by atoms with van der Waals surface area (Å²) in [6, 6.07) is 27.5. The number of aliphatic hydroxyl groups excluding tert-OH is 2. The predicted octanol–water partition coefficient (Wildman–Crippen LogP) is 11.2. The fourth-order valence-corrected chi connectivity index (χ4v) is 8.87. The van der Waals surface area contributed by atoms with Crippen molar-refractivity contribution >= 4 is 15.9 Å². The molecule has 2 aliphatic rings. The van der Waals surface area contributed by atoms with E-state index in [0.29, 0.717) is 12.0 Å². The van der Waals surface area contributed by atoms with Crippen LogP contribution in [0.25, 0.3) is 22.3 Å². The quantitative estimate of drug-likeness (QED) is 0.125. The van der Waals surface area contributed by atoms with Crippen molar-refractivity contribution in [2.45, 2.75) is 91.3 Å². The van der Waals surface area contributed by atoms with Gasteiger partial charge in [0.1, 0.15) is 11.6 Å². The van der Waals surface area contributed by atoms with E-state index < -0.39 is 0 Å². The molecule has 0 spiro atoms. The number of rotatable bonds is 6. The molecule has 0 aliphatic heterocycles. The van der Waals surface area contributed by atoms with Crippen molar-refractivity contribution in [1.82, 2.24) is 9.97 Å². The third-order valence-corrected chi connectivity index (χ3v) is 11.7. The van der Waals surface area contributed by atoms with E-state index in [0.717, 1.165) is 109 Å². The standard InChI is InChI=1S/C25H23FN2O.C24H23BrFNO.2CN.Zn/c1-15(2)25-22(14-29)24(18-5-8-20(26)9-6-18)21-12-19-11-16(13-27)3-4-17(19)7-10-23(21)28-25;1-14(2)24-21(13-28)23(16-4-8-19(26)9-5-16)20-12-17-11-18(25)7-3-15(17)6-10-22(20)27-24;2*1-2;/h3-6,8-9,11,15,29H,7,10,12,14H2,1-2H3;3-5,7-9,11,14,28H,6,10,12-13H2,1-2H3;;;/q;;2*-1;+2. The van der Waals surface area contributed by atoms with E-state index in [1.165, 1.54) is 41.0 Å². The molecule has 7 nitrogen and oxygen atoms in total. The molecular formula is C51H46BrF2N5O2Zn. The molecule has 0 atom stereocenters. The molecule has 8 rings (SSSR count). The fraction of sp³-hybridized carbons (Fsp3) is 0.275. The molecule has 0 fully saturated rings. The maximum absolute atomic E-state index is 13.6. The second-order valence-electron chi connectivity index (χ2n) is 15.6. The molecular weight excluding hydrogens is 898 g/mol. The summed E-state index contributed by atoms with van der Waals surface area (Å²) >= 11 is 3.59. The zero-order chi connectivity index (χ0) is 44.4. The first-order valence-corrected chi connectivity index (χ1v) is 20.8. The molecule has 0 saturated carbocycles. The summed E-state index contributed by atoms with van der Waals surface area (Å²) in [5.41, 5.74) is 17.2. The summed E-state index contributed by atoms with van der Waals surface area (Å²) in [7, 11) is 0. The molecule has 0 saturated heterocycles. The van der Waals surface area contributed by atoms with Crippen LogP contribution in [0.4, 0.5) is 8.78 Å². The van der Waals surface area contributed by atoms with Crippen molar-refractivity contribution in [2.75, 3.05) is 0 Å². The number of pyridine rings is 2. The second-order valence-corrected chi connectivity index (χ2v) is 16.5. The summed E-state index contributed by atoms with van der Waals surface area (Å²) in [5.74, 6) is -0.177. The molecule has 6 aromatic rings. The number of halogens is 3. The number of hydrogen-bond donors (Lipinski definition) is 2. The number of hydrogen-bond acceptors (Lipinski definition) is 7. The molecule has 0 bridgehead atoms. The van der Waals surface area contributed by atoms with Crippen LogP contribution in [-0.2, 0) is 71.2 Å². The number of nitrogens with zero attached hydrogens (tertiary/aromatic N) is 5. The third-order valence-electron chi connectivity index (χ3n) is 11.2. The molecule has 2 N–H and O–H groups in total. The molecule has 11 heteroatoms. The zero-order valence-electron chi connectivity index (χ0n) is 35.4. The summed E-state index contributed by atoms with van der Waals surface area (Å²) in [4.78, 5) is 9.98. The second kappa shape index (κ2) is 22.6. The van der Waals surface area contributed by atoms with Gasteiger partial charge in [-0.1, -0.05) is 80.0 Å². The average molecular weight is 944 g/mol. The molecule has 62 heavy (non-hydrogen) atoms. The summed E-state index contributed by atoms with van der Waals surface area (Å²) < 4.78 is 28.2. The van der Waals surface area contributed by atoms with Crippen LogP contribution in [0.3, 0.4) is 0 Å². The van der Waals surface area contributed by atoms with Gasteiger partial charge in [0.15, 0.2) is 0 Å². The Balaban J connectivity index is 0.000000249. The van der Waals surface area contributed by atoms with Gasteiger partial charge in [-0.3, -0.25) is 9.97 Å². The minimum Gasteiger partial charge on any atom is -0.512 e. The fourth-order valence-electron chi connectivity index (χ4n) is 8.46. The van der Waals surface area contributed by atoms with Crippen molar-refractivity contribution in [1.29, 1.82) is 15.8 Å². The van der Waals surface area contributed by atoms with E-state index in [4.69, 9.17) is 33.6 Å². The Bertz CT molecular complexity index is 2600. The Labute approximate surface area is 384 Å². The van der Waals surface area contributed by atoms with Gasteiger partial charge in [0.25, 0.3) is 0 Å². The first-order valence-electron chi connectivity index (χ1n) is 20.1. The summed E-state index contributed by atoms with van der Waals surface area (Å²) in [6.07, 6.45) is 4.87. The van der Waals surface area contributed by atoms with E-state index in [9.17, 15) is 24.3 Å². The zero-order valence-corrected chi connectivity index (χ0v) is 39.9. The molecule has 4 aromatic carbocycles. The summed E-state index contributed by atoms with van der Waals surface area (Å²) in [6.45, 7) is 17.7. The topological polar surface area (TPSA) is 138 Å². The van der Waals surface area contributed by atoms with Gasteiger partial charge in [0.2, 0.25) is 0 Å². The van der Waals surface area contributed by atoms with Gasteiger partial charge in [-0.15, -0.1) is 0 Å². The number of benzene rings is 4. The van der Waals surface area contributed by atoms with Gasteiger partial charge in [0.05, 0.1) is 24.8 Å². The molecule has 0 radical (unpaired) electrons. The van der Waals surface area contributed by atoms with Crippen LogP contribution < -0.4 is 0 Å². The van der Waals surface area contributed by atoms with Gasteiger partial charge in [-0.05, 0) is 142 Å². The van der Waals surface area contributed by atoms with E-state index in [-0.39, 0.29) is 56.2 Å². The van der Waals surface area contributed by atoms with Gasteiger partial charge in [-0.25, -0.2) is 8.78 Å². The van der Waals surface area contributed by atoms with E-state index in [2.05, 4.69) is 67.9 Å². The van der Waals surface area contributed by atoms with Crippen LogP contribution in [0.15, 0.2) is 89.4 Å². The number of aryl methyl sites for hydroxylation is 4. The average Bonchev–Trinajstić information content (AvgIpc) is 3.58. The van der Waals surface area contributed by atoms with Crippen LogP contribution in [0.1, 0.15) is 112 Å². The van der Waals surface area contributed by atoms with Crippen molar-refractivity contribution in [3.05, 3.63) is 187 Å². The monoisotopic (exact) mass is 941 g/mol. The maximum atomic E-state index is 13.6. The van der Waals surface area contributed by atoms with Crippen LogP contribution in [-0.4, -0.2) is 20.2 Å². The van der Waals surface area contributed by atoms with Crippen LogP contribution in [0.5, 0.6) is 0 Å². The minimum atomic E-state index is -0.285. The molecule has 0 amide bonds. The van der Waals surface area contributed by atoms with Crippen molar-refractivity contribution in [3.8, 4) is 28.3 Å². The van der Waals surface area contributed by atoms with Crippen LogP contribution >= 0.6 is 15.9 Å². The Morgan fingerprint density at radius 2 is 1.02 bits per heavy atom. The van der Waals surface area contributed by atoms with Crippen molar-refractivity contribution in [3.63, 3.8) is 0 Å². The first kappa shape index (κ1) is 49.2. The molecule has 2 aromatic heterocycles. The number of aliphatic hydroxyl groups is 2. The first-order chi connectivity index (χ1) is 29.5. The molecule has 0 unspecified atom stereocenters. The van der Waals surface area contributed by atoms with Gasteiger partial charge in [0, 0.05) is 51.2 Å². The largest absolute Gasteiger partial charge is 2.00 e. The normalized spacial score (nSPS) is 12.0. The SMILES string of the molecule is CC(C)c1nc2c(c(-c3ccc(F)cc3)c1CO)Cc1cc(Br)ccc1CC2.CC(C)c1nc2c(c(-c3ccc(F)cc3)c1CO)Cc1cc(C#N)ccc1CC2.[C-]#N.[C-]#N.[Zn+2]. The van der Waals surface area contributed by atoms with Gasteiger partial charge in [-0.2, -0.15) is 5.26 Å². The van der Waals surface area contributed by atoms with E-state index >= 15 is 0 Å². The maximum Gasteiger partial charge on any atom is 2.00 e. The van der Waals surface area contributed by atoms with Gasteiger partial charge < -0.3 is 33.9 Å². The number of fused-ring (bicyclic) bond motifs is 4. The Morgan fingerprint density at radius 1 is 0.613 bits per heavy atom. The van der Waals surface area contributed by atoms with Crippen molar-refractivity contribution < 1.29 is 38.5 Å². The predicted molar refractivity (Wildman–Crippen MR) is 235 cm³/mol. The number of nitriles is 1. The Kier molecular flexibility index (Phi) is 17.9. The Morgan fingerprint density at radius 3 is 1.40 bits per heavy atom. The minimum absolute atomic E-state index is 0. The molecule has 310 valence electrons. The third kappa shape index (κ3) is 10.8. The molecule has 2 aliphatic carbocycles. The Hall–Kier alpha value is -5.47. The van der Waals surface area contributed by atoms with Gasteiger partial charge >= 0.3 is 19.5 Å². The van der Waals surface area contributed by atoms with Crippen LogP contribution in [0, 0.1) is 46.6 Å². The smallest absolute Gasteiger partial charge is 0.512 e. The molecule has 2 heterocycles.